The zero-order valence-corrected chi connectivity index (χ0v) is 11.6. The number of likely N-dealkylation sites (N-methyl/N-ethyl adjacent to an activating group) is 1. The predicted molar refractivity (Wildman–Crippen MR) is 82.1 cm³/mol. The largest absolute Gasteiger partial charge is 0.392 e. The molecule has 0 aromatic heterocycles. The zero-order valence-electron chi connectivity index (χ0n) is 10.8. The summed E-state index contributed by atoms with van der Waals surface area (Å²) in [6, 6.07) is 14.2. The monoisotopic (exact) mass is 272 g/mol. The molecule has 2 rings (SSSR count). The van der Waals surface area contributed by atoms with Gasteiger partial charge >= 0.3 is 0 Å². The molecule has 1 amide bonds. The van der Waals surface area contributed by atoms with E-state index in [-0.39, 0.29) is 5.91 Å². The molecule has 0 spiro atoms. The first kappa shape index (κ1) is 13.5. The maximum absolute atomic E-state index is 12.0. The molecule has 0 aliphatic heterocycles. The number of hydrogen-bond acceptors (Lipinski definition) is 2. The van der Waals surface area contributed by atoms with Crippen molar-refractivity contribution in [2.45, 2.75) is 6.42 Å². The standard InChI is InChI=1S/C15H16N2OS/c1-17(10-14(16)19)15(18)9-11-6-7-12-4-2-3-5-13(12)8-11/h2-8H,9-10H2,1H3,(H2,16,19). The van der Waals surface area contributed by atoms with Gasteiger partial charge in [0.2, 0.25) is 5.91 Å². The number of benzene rings is 2. The van der Waals surface area contributed by atoms with Gasteiger partial charge < -0.3 is 10.6 Å². The smallest absolute Gasteiger partial charge is 0.227 e. The number of thiocarbonyl (C=S) groups is 1. The lowest BCUT2D eigenvalue weighted by Crippen LogP contribution is -2.35. The summed E-state index contributed by atoms with van der Waals surface area (Å²) >= 11 is 4.80. The summed E-state index contributed by atoms with van der Waals surface area (Å²) < 4.78 is 0. The maximum atomic E-state index is 12.0. The van der Waals surface area contributed by atoms with Crippen LogP contribution in [0, 0.1) is 0 Å². The van der Waals surface area contributed by atoms with E-state index in [1.54, 1.807) is 11.9 Å². The molecule has 0 aliphatic carbocycles. The van der Waals surface area contributed by atoms with E-state index in [2.05, 4.69) is 6.07 Å². The number of amides is 1. The summed E-state index contributed by atoms with van der Waals surface area (Å²) in [6.45, 7) is 0.321. The van der Waals surface area contributed by atoms with Gasteiger partial charge in [0.15, 0.2) is 0 Å². The molecule has 2 aromatic rings. The average Bonchev–Trinajstić information content (AvgIpc) is 2.37. The number of fused-ring (bicyclic) bond motifs is 1. The molecule has 0 saturated carbocycles. The second-order valence-electron chi connectivity index (χ2n) is 4.57. The number of nitrogens with two attached hydrogens (primary N) is 1. The van der Waals surface area contributed by atoms with Crippen molar-refractivity contribution in [3.63, 3.8) is 0 Å². The number of carbonyl (C=O) groups excluding carboxylic acids is 1. The Morgan fingerprint density at radius 3 is 2.58 bits per heavy atom. The summed E-state index contributed by atoms with van der Waals surface area (Å²) in [4.78, 5) is 13.9. The summed E-state index contributed by atoms with van der Waals surface area (Å²) in [7, 11) is 1.71. The molecule has 0 fully saturated rings. The first-order valence-electron chi connectivity index (χ1n) is 6.06. The molecule has 0 unspecified atom stereocenters. The highest BCUT2D eigenvalue weighted by Crippen LogP contribution is 2.16. The van der Waals surface area contributed by atoms with Crippen LogP contribution in [-0.4, -0.2) is 29.4 Å². The highest BCUT2D eigenvalue weighted by atomic mass is 32.1. The van der Waals surface area contributed by atoms with Gasteiger partial charge in [-0.05, 0) is 16.3 Å². The van der Waals surface area contributed by atoms with Crippen molar-refractivity contribution in [3.8, 4) is 0 Å². The Labute approximate surface area is 118 Å². The Kier molecular flexibility index (Phi) is 4.12. The van der Waals surface area contributed by atoms with Gasteiger partial charge in [-0.25, -0.2) is 0 Å². The number of carbonyl (C=O) groups is 1. The molecule has 19 heavy (non-hydrogen) atoms. The molecule has 2 N–H and O–H groups in total. The van der Waals surface area contributed by atoms with Crippen molar-refractivity contribution in [3.05, 3.63) is 48.0 Å². The van der Waals surface area contributed by atoms with E-state index >= 15 is 0 Å². The lowest BCUT2D eigenvalue weighted by Gasteiger charge is -2.16. The Morgan fingerprint density at radius 2 is 1.89 bits per heavy atom. The van der Waals surface area contributed by atoms with E-state index in [1.165, 1.54) is 5.39 Å². The van der Waals surface area contributed by atoms with E-state index in [4.69, 9.17) is 18.0 Å². The third kappa shape index (κ3) is 3.51. The lowest BCUT2D eigenvalue weighted by atomic mass is 10.0. The SMILES string of the molecule is CN(CC(N)=S)C(=O)Cc1ccc2ccccc2c1. The van der Waals surface area contributed by atoms with Crippen LogP contribution in [-0.2, 0) is 11.2 Å². The minimum atomic E-state index is 0.0167. The first-order valence-corrected chi connectivity index (χ1v) is 6.47. The molecule has 3 nitrogen and oxygen atoms in total. The van der Waals surface area contributed by atoms with Crippen molar-refractivity contribution in [1.82, 2.24) is 4.90 Å². The van der Waals surface area contributed by atoms with Crippen LogP contribution in [0.4, 0.5) is 0 Å². The van der Waals surface area contributed by atoms with Gasteiger partial charge in [0.25, 0.3) is 0 Å². The first-order chi connectivity index (χ1) is 9.06. The second kappa shape index (κ2) is 5.80. The van der Waals surface area contributed by atoms with Gasteiger partial charge in [0.1, 0.15) is 0 Å². The lowest BCUT2D eigenvalue weighted by molar-refractivity contribution is -0.128. The van der Waals surface area contributed by atoms with Crippen LogP contribution in [0.5, 0.6) is 0 Å². The topological polar surface area (TPSA) is 46.3 Å². The molecule has 0 aliphatic rings. The summed E-state index contributed by atoms with van der Waals surface area (Å²) in [6.07, 6.45) is 0.365. The molecule has 0 heterocycles. The molecule has 0 atom stereocenters. The molecule has 98 valence electrons. The van der Waals surface area contributed by atoms with Crippen molar-refractivity contribution in [2.24, 2.45) is 5.73 Å². The Balaban J connectivity index is 2.12. The highest BCUT2D eigenvalue weighted by molar-refractivity contribution is 7.80. The summed E-state index contributed by atoms with van der Waals surface area (Å²) in [5.74, 6) is 0.0167. The van der Waals surface area contributed by atoms with Crippen LogP contribution >= 0.6 is 12.2 Å². The zero-order chi connectivity index (χ0) is 13.8. The maximum Gasteiger partial charge on any atom is 0.227 e. The average molecular weight is 272 g/mol. The van der Waals surface area contributed by atoms with Crippen LogP contribution in [0.1, 0.15) is 5.56 Å². The highest BCUT2D eigenvalue weighted by Gasteiger charge is 2.10. The second-order valence-corrected chi connectivity index (χ2v) is 5.10. The molecule has 0 bridgehead atoms. The third-order valence-electron chi connectivity index (χ3n) is 2.99. The molecule has 0 saturated heterocycles. The molecule has 4 heteroatoms. The fourth-order valence-corrected chi connectivity index (χ4v) is 2.17. The predicted octanol–water partition coefficient (Wildman–Crippen LogP) is 2.13. The van der Waals surface area contributed by atoms with Crippen molar-refractivity contribution >= 4 is 33.9 Å². The van der Waals surface area contributed by atoms with Crippen LogP contribution in [0.2, 0.25) is 0 Å². The van der Waals surface area contributed by atoms with Crippen LogP contribution in [0.25, 0.3) is 10.8 Å². The Morgan fingerprint density at radius 1 is 1.21 bits per heavy atom. The van der Waals surface area contributed by atoms with E-state index in [9.17, 15) is 4.79 Å². The minimum absolute atomic E-state index is 0.0167. The fraction of sp³-hybridized carbons (Fsp3) is 0.200. The number of rotatable bonds is 4. The van der Waals surface area contributed by atoms with Crippen molar-refractivity contribution < 1.29 is 4.79 Å². The number of nitrogens with zero attached hydrogens (tertiary/aromatic N) is 1. The quantitative estimate of drug-likeness (QED) is 0.867. The van der Waals surface area contributed by atoms with E-state index in [0.717, 1.165) is 10.9 Å². The fourth-order valence-electron chi connectivity index (χ4n) is 1.98. The van der Waals surface area contributed by atoms with E-state index < -0.39 is 0 Å². The molecule has 2 aromatic carbocycles. The molecular weight excluding hydrogens is 256 g/mol. The Bertz CT molecular complexity index is 624. The number of hydrogen-bond donors (Lipinski definition) is 1. The van der Waals surface area contributed by atoms with Gasteiger partial charge in [0.05, 0.1) is 18.0 Å². The normalized spacial score (nSPS) is 10.4. The van der Waals surface area contributed by atoms with Crippen molar-refractivity contribution in [1.29, 1.82) is 0 Å². The molecule has 0 radical (unpaired) electrons. The minimum Gasteiger partial charge on any atom is -0.392 e. The van der Waals surface area contributed by atoms with E-state index in [1.807, 2.05) is 36.4 Å². The summed E-state index contributed by atoms with van der Waals surface area (Å²) in [5.41, 5.74) is 6.44. The molecular formula is C15H16N2OS. The van der Waals surface area contributed by atoms with E-state index in [0.29, 0.717) is 18.0 Å². The van der Waals surface area contributed by atoms with Gasteiger partial charge in [-0.2, -0.15) is 0 Å². The van der Waals surface area contributed by atoms with Crippen LogP contribution < -0.4 is 5.73 Å². The summed E-state index contributed by atoms with van der Waals surface area (Å²) in [5, 5.41) is 2.32. The Hall–Kier alpha value is -1.94. The third-order valence-corrected chi connectivity index (χ3v) is 3.12. The van der Waals surface area contributed by atoms with Crippen LogP contribution in [0.15, 0.2) is 42.5 Å². The van der Waals surface area contributed by atoms with Gasteiger partial charge in [-0.3, -0.25) is 4.79 Å². The van der Waals surface area contributed by atoms with Gasteiger partial charge in [-0.15, -0.1) is 0 Å². The van der Waals surface area contributed by atoms with Crippen LogP contribution in [0.3, 0.4) is 0 Å². The van der Waals surface area contributed by atoms with Crippen molar-refractivity contribution in [2.75, 3.05) is 13.6 Å². The van der Waals surface area contributed by atoms with Gasteiger partial charge in [0, 0.05) is 7.05 Å². The van der Waals surface area contributed by atoms with Gasteiger partial charge in [-0.1, -0.05) is 54.7 Å².